The Balaban J connectivity index is 2.72. The van der Waals surface area contributed by atoms with Gasteiger partial charge in [0.2, 0.25) is 0 Å². The highest BCUT2D eigenvalue weighted by molar-refractivity contribution is 5.81. The average molecular weight is 254 g/mol. The molecule has 0 fully saturated rings. The standard InChI is InChI=1S/C12H18N2O4/c1-8(12(13)14-15)7-18-11-5-9(16-2)4-10(6-11)17-3/h4-6,8,15H,7H2,1-3H3,(H2,13,14). The number of ether oxygens (including phenoxy) is 3. The first-order chi connectivity index (χ1) is 8.60. The highest BCUT2D eigenvalue weighted by atomic mass is 16.5. The first-order valence-corrected chi connectivity index (χ1v) is 5.44. The van der Waals surface area contributed by atoms with Gasteiger partial charge in [-0.15, -0.1) is 0 Å². The van der Waals surface area contributed by atoms with Crippen LogP contribution in [-0.4, -0.2) is 31.9 Å². The van der Waals surface area contributed by atoms with E-state index in [4.69, 9.17) is 25.2 Å². The lowest BCUT2D eigenvalue weighted by Crippen LogP contribution is -2.26. The lowest BCUT2D eigenvalue weighted by molar-refractivity contribution is 0.276. The second kappa shape index (κ2) is 6.58. The molecule has 1 rings (SSSR count). The molecule has 0 heterocycles. The third-order valence-electron chi connectivity index (χ3n) is 2.45. The number of methoxy groups -OCH3 is 2. The van der Waals surface area contributed by atoms with Crippen LogP contribution in [0.15, 0.2) is 23.4 Å². The van der Waals surface area contributed by atoms with E-state index in [-0.39, 0.29) is 11.8 Å². The van der Waals surface area contributed by atoms with Crippen molar-refractivity contribution in [2.45, 2.75) is 6.92 Å². The Hall–Kier alpha value is -2.11. The quantitative estimate of drug-likeness (QED) is 0.347. The van der Waals surface area contributed by atoms with Gasteiger partial charge >= 0.3 is 0 Å². The fourth-order valence-corrected chi connectivity index (χ4v) is 1.27. The van der Waals surface area contributed by atoms with E-state index in [1.807, 2.05) is 0 Å². The molecule has 0 saturated heterocycles. The minimum Gasteiger partial charge on any atom is -0.496 e. The van der Waals surface area contributed by atoms with E-state index in [9.17, 15) is 0 Å². The van der Waals surface area contributed by atoms with Gasteiger partial charge < -0.3 is 25.2 Å². The van der Waals surface area contributed by atoms with Crippen molar-refractivity contribution in [1.29, 1.82) is 0 Å². The van der Waals surface area contributed by atoms with Crippen LogP contribution in [0.25, 0.3) is 0 Å². The lowest BCUT2D eigenvalue weighted by Gasteiger charge is -2.13. The topological polar surface area (TPSA) is 86.3 Å². The maximum atomic E-state index is 8.53. The van der Waals surface area contributed by atoms with Crippen LogP contribution in [0.2, 0.25) is 0 Å². The minimum absolute atomic E-state index is 0.130. The zero-order valence-electron chi connectivity index (χ0n) is 10.7. The molecule has 0 bridgehead atoms. The van der Waals surface area contributed by atoms with Crippen LogP contribution < -0.4 is 19.9 Å². The van der Waals surface area contributed by atoms with Crippen LogP contribution in [0.5, 0.6) is 17.2 Å². The molecule has 6 heteroatoms. The summed E-state index contributed by atoms with van der Waals surface area (Å²) in [5.41, 5.74) is 5.46. The fourth-order valence-electron chi connectivity index (χ4n) is 1.27. The summed E-state index contributed by atoms with van der Waals surface area (Å²) in [5, 5.41) is 11.5. The van der Waals surface area contributed by atoms with E-state index in [1.54, 1.807) is 39.3 Å². The van der Waals surface area contributed by atoms with Crippen LogP contribution in [0.1, 0.15) is 6.92 Å². The molecule has 6 nitrogen and oxygen atoms in total. The third-order valence-corrected chi connectivity index (χ3v) is 2.45. The summed E-state index contributed by atoms with van der Waals surface area (Å²) < 4.78 is 15.8. The lowest BCUT2D eigenvalue weighted by atomic mass is 10.2. The van der Waals surface area contributed by atoms with Gasteiger partial charge in [0, 0.05) is 18.2 Å². The Kier molecular flexibility index (Phi) is 5.10. The number of oxime groups is 1. The molecule has 1 unspecified atom stereocenters. The second-order valence-corrected chi connectivity index (χ2v) is 3.79. The zero-order valence-corrected chi connectivity index (χ0v) is 10.7. The molecular formula is C12H18N2O4. The summed E-state index contributed by atoms with van der Waals surface area (Å²) in [6, 6.07) is 5.23. The van der Waals surface area contributed by atoms with E-state index in [0.29, 0.717) is 23.9 Å². The van der Waals surface area contributed by atoms with Crippen molar-refractivity contribution in [3.05, 3.63) is 18.2 Å². The molecule has 100 valence electrons. The molecule has 0 saturated carbocycles. The van der Waals surface area contributed by atoms with Crippen molar-refractivity contribution in [3.63, 3.8) is 0 Å². The van der Waals surface area contributed by atoms with Gasteiger partial charge in [0.25, 0.3) is 0 Å². The van der Waals surface area contributed by atoms with Gasteiger partial charge in [-0.2, -0.15) is 0 Å². The molecule has 1 atom stereocenters. The van der Waals surface area contributed by atoms with E-state index in [2.05, 4.69) is 5.16 Å². The molecule has 3 N–H and O–H groups in total. The van der Waals surface area contributed by atoms with Crippen molar-refractivity contribution in [1.82, 2.24) is 0 Å². The highest BCUT2D eigenvalue weighted by Gasteiger charge is 2.09. The number of benzene rings is 1. The van der Waals surface area contributed by atoms with Crippen LogP contribution in [0.3, 0.4) is 0 Å². The monoisotopic (exact) mass is 254 g/mol. The maximum absolute atomic E-state index is 8.53. The largest absolute Gasteiger partial charge is 0.496 e. The normalized spacial score (nSPS) is 12.9. The first kappa shape index (κ1) is 14.0. The zero-order chi connectivity index (χ0) is 13.5. The molecule has 0 aromatic heterocycles. The Morgan fingerprint density at radius 3 is 2.17 bits per heavy atom. The number of nitrogens with zero attached hydrogens (tertiary/aromatic N) is 1. The predicted octanol–water partition coefficient (Wildman–Crippen LogP) is 1.47. The molecular weight excluding hydrogens is 236 g/mol. The van der Waals surface area contributed by atoms with Gasteiger partial charge in [0.15, 0.2) is 0 Å². The third kappa shape index (κ3) is 3.73. The molecule has 0 amide bonds. The van der Waals surface area contributed by atoms with Crippen molar-refractivity contribution < 1.29 is 19.4 Å². The van der Waals surface area contributed by atoms with Crippen molar-refractivity contribution in [2.75, 3.05) is 20.8 Å². The Morgan fingerprint density at radius 1 is 1.22 bits per heavy atom. The van der Waals surface area contributed by atoms with Gasteiger partial charge in [0.1, 0.15) is 23.1 Å². The van der Waals surface area contributed by atoms with Crippen molar-refractivity contribution in [2.24, 2.45) is 16.8 Å². The van der Waals surface area contributed by atoms with Gasteiger partial charge in [-0.3, -0.25) is 0 Å². The van der Waals surface area contributed by atoms with Gasteiger partial charge in [0.05, 0.1) is 26.7 Å². The van der Waals surface area contributed by atoms with E-state index < -0.39 is 0 Å². The molecule has 1 aromatic carbocycles. The van der Waals surface area contributed by atoms with Crippen molar-refractivity contribution in [3.8, 4) is 17.2 Å². The van der Waals surface area contributed by atoms with Crippen molar-refractivity contribution >= 4 is 5.84 Å². The van der Waals surface area contributed by atoms with E-state index in [1.165, 1.54) is 0 Å². The predicted molar refractivity (Wildman–Crippen MR) is 67.6 cm³/mol. The van der Waals surface area contributed by atoms with Gasteiger partial charge in [-0.1, -0.05) is 12.1 Å². The Morgan fingerprint density at radius 2 is 1.72 bits per heavy atom. The summed E-state index contributed by atoms with van der Waals surface area (Å²) in [7, 11) is 3.13. The van der Waals surface area contributed by atoms with Crippen LogP contribution >= 0.6 is 0 Å². The molecule has 0 aliphatic rings. The number of nitrogens with two attached hydrogens (primary N) is 1. The molecule has 0 aliphatic heterocycles. The SMILES string of the molecule is COc1cc(OC)cc(OCC(C)/C(N)=N/O)c1. The fraction of sp³-hybridized carbons (Fsp3) is 0.417. The van der Waals surface area contributed by atoms with E-state index >= 15 is 0 Å². The average Bonchev–Trinajstić information content (AvgIpc) is 2.43. The summed E-state index contributed by atoms with van der Waals surface area (Å²) in [4.78, 5) is 0. The van der Waals surface area contributed by atoms with Gasteiger partial charge in [-0.05, 0) is 0 Å². The summed E-state index contributed by atoms with van der Waals surface area (Å²) in [5.74, 6) is 1.82. The van der Waals surface area contributed by atoms with Crippen LogP contribution in [0, 0.1) is 5.92 Å². The Labute approximate surface area is 106 Å². The molecule has 1 aromatic rings. The smallest absolute Gasteiger partial charge is 0.145 e. The number of hydrogen-bond acceptors (Lipinski definition) is 5. The molecule has 0 aliphatic carbocycles. The first-order valence-electron chi connectivity index (χ1n) is 5.44. The summed E-state index contributed by atoms with van der Waals surface area (Å²) in [6.45, 7) is 2.10. The van der Waals surface area contributed by atoms with Gasteiger partial charge in [-0.25, -0.2) is 0 Å². The molecule has 0 spiro atoms. The Bertz CT molecular complexity index is 398. The van der Waals surface area contributed by atoms with Crippen LogP contribution in [-0.2, 0) is 0 Å². The number of amidine groups is 1. The maximum Gasteiger partial charge on any atom is 0.145 e. The minimum atomic E-state index is -0.188. The van der Waals surface area contributed by atoms with E-state index in [0.717, 1.165) is 0 Å². The molecule has 0 radical (unpaired) electrons. The van der Waals surface area contributed by atoms with Crippen LogP contribution in [0.4, 0.5) is 0 Å². The molecule has 18 heavy (non-hydrogen) atoms. The number of rotatable bonds is 6. The summed E-state index contributed by atoms with van der Waals surface area (Å²) in [6.07, 6.45) is 0. The number of hydrogen-bond donors (Lipinski definition) is 2. The summed E-state index contributed by atoms with van der Waals surface area (Å²) >= 11 is 0. The highest BCUT2D eigenvalue weighted by Crippen LogP contribution is 2.27. The second-order valence-electron chi connectivity index (χ2n) is 3.79.